The fourth-order valence-electron chi connectivity index (χ4n) is 1.65. The van der Waals surface area contributed by atoms with Gasteiger partial charge in [-0.3, -0.25) is 9.79 Å². The molecule has 0 saturated heterocycles. The van der Waals surface area contributed by atoms with Crippen molar-refractivity contribution in [2.45, 2.75) is 54.4 Å². The molecule has 5 nitrogen and oxygen atoms in total. The molecular weight excluding hydrogens is 391 g/mol. The van der Waals surface area contributed by atoms with Crippen LogP contribution in [0, 0.1) is 11.3 Å². The second-order valence-corrected chi connectivity index (χ2v) is 6.73. The molecule has 0 unspecified atom stereocenters. The molecule has 0 aromatic heterocycles. The summed E-state index contributed by atoms with van der Waals surface area (Å²) in [4.78, 5) is 16.3. The van der Waals surface area contributed by atoms with E-state index in [9.17, 15) is 4.79 Å². The summed E-state index contributed by atoms with van der Waals surface area (Å²) < 4.78 is 0. The average Bonchev–Trinajstić information content (AvgIpc) is 2.37. The van der Waals surface area contributed by atoms with Gasteiger partial charge in [0.15, 0.2) is 5.96 Å². The first kappa shape index (κ1) is 23.7. The first-order valence-corrected chi connectivity index (χ1v) is 8.07. The molecule has 0 radical (unpaired) electrons. The molecule has 0 aliphatic rings. The van der Waals surface area contributed by atoms with Gasteiger partial charge in [-0.25, -0.2) is 0 Å². The zero-order valence-corrected chi connectivity index (χ0v) is 17.4. The number of amides is 1. The molecule has 0 aromatic carbocycles. The van der Waals surface area contributed by atoms with Crippen LogP contribution in [0.4, 0.5) is 0 Å². The highest BCUT2D eigenvalue weighted by atomic mass is 127. The topological polar surface area (TPSA) is 65.5 Å². The summed E-state index contributed by atoms with van der Waals surface area (Å²) in [5, 5.41) is 9.37. The van der Waals surface area contributed by atoms with E-state index < -0.39 is 0 Å². The average molecular weight is 426 g/mol. The van der Waals surface area contributed by atoms with Crippen LogP contribution in [0.3, 0.4) is 0 Å². The van der Waals surface area contributed by atoms with Gasteiger partial charge >= 0.3 is 0 Å². The first-order valence-electron chi connectivity index (χ1n) is 8.07. The lowest BCUT2D eigenvalue weighted by Crippen LogP contribution is -2.43. The molecule has 132 valence electrons. The Morgan fingerprint density at radius 3 is 2.18 bits per heavy atom. The Morgan fingerprint density at radius 1 is 1.09 bits per heavy atom. The van der Waals surface area contributed by atoms with Crippen molar-refractivity contribution in [1.82, 2.24) is 16.0 Å². The molecule has 0 saturated carbocycles. The molecule has 0 rings (SSSR count). The van der Waals surface area contributed by atoms with E-state index in [2.05, 4.69) is 34.8 Å². The van der Waals surface area contributed by atoms with E-state index in [-0.39, 0.29) is 35.3 Å². The molecule has 0 atom stereocenters. The molecule has 22 heavy (non-hydrogen) atoms. The van der Waals surface area contributed by atoms with Crippen LogP contribution < -0.4 is 16.0 Å². The zero-order valence-electron chi connectivity index (χ0n) is 15.1. The summed E-state index contributed by atoms with van der Waals surface area (Å²) in [6.07, 6.45) is 2.31. The van der Waals surface area contributed by atoms with Crippen LogP contribution in [0.2, 0.25) is 0 Å². The SMILES string of the molecule is CCNC(=NCCCC(C)C)NCCNC(=O)C(C)(C)C.I. The van der Waals surface area contributed by atoms with Crippen LogP contribution in [0.25, 0.3) is 0 Å². The largest absolute Gasteiger partial charge is 0.357 e. The van der Waals surface area contributed by atoms with Gasteiger partial charge in [-0.15, -0.1) is 24.0 Å². The third-order valence-corrected chi connectivity index (χ3v) is 2.94. The van der Waals surface area contributed by atoms with Crippen molar-refractivity contribution in [2.24, 2.45) is 16.3 Å². The Hall–Kier alpha value is -0.530. The highest BCUT2D eigenvalue weighted by molar-refractivity contribution is 14.0. The summed E-state index contributed by atoms with van der Waals surface area (Å²) in [5.41, 5.74) is -0.338. The van der Waals surface area contributed by atoms with Crippen LogP contribution in [0.15, 0.2) is 4.99 Å². The minimum Gasteiger partial charge on any atom is -0.357 e. The smallest absolute Gasteiger partial charge is 0.225 e. The van der Waals surface area contributed by atoms with Crippen molar-refractivity contribution in [2.75, 3.05) is 26.2 Å². The molecular formula is C16H35IN4O. The lowest BCUT2D eigenvalue weighted by atomic mass is 9.96. The Morgan fingerprint density at radius 2 is 1.68 bits per heavy atom. The molecule has 6 heteroatoms. The van der Waals surface area contributed by atoms with E-state index in [1.54, 1.807) is 0 Å². The van der Waals surface area contributed by atoms with E-state index in [4.69, 9.17) is 0 Å². The highest BCUT2D eigenvalue weighted by Gasteiger charge is 2.20. The second kappa shape index (κ2) is 13.0. The minimum absolute atomic E-state index is 0. The van der Waals surface area contributed by atoms with E-state index in [1.807, 2.05) is 27.7 Å². The number of halogens is 1. The first-order chi connectivity index (χ1) is 9.77. The van der Waals surface area contributed by atoms with Gasteiger partial charge in [0.05, 0.1) is 0 Å². The Bertz CT molecular complexity index is 325. The summed E-state index contributed by atoms with van der Waals surface area (Å²) in [5.74, 6) is 1.62. The fourth-order valence-corrected chi connectivity index (χ4v) is 1.65. The standard InChI is InChI=1S/C16H34N4O.HI/c1-7-17-15(19-10-8-9-13(2)3)20-12-11-18-14(21)16(4,5)6;/h13H,7-12H2,1-6H3,(H,18,21)(H2,17,19,20);1H. The Labute approximate surface area is 153 Å². The quantitative estimate of drug-likeness (QED) is 0.242. The predicted molar refractivity (Wildman–Crippen MR) is 106 cm³/mol. The minimum atomic E-state index is -0.338. The van der Waals surface area contributed by atoms with Gasteiger partial charge in [0.1, 0.15) is 0 Å². The number of hydrogen-bond acceptors (Lipinski definition) is 2. The monoisotopic (exact) mass is 426 g/mol. The molecule has 0 heterocycles. The number of carbonyl (C=O) groups is 1. The predicted octanol–water partition coefficient (Wildman–Crippen LogP) is 2.76. The van der Waals surface area contributed by atoms with Gasteiger partial charge in [-0.1, -0.05) is 34.6 Å². The molecule has 0 spiro atoms. The van der Waals surface area contributed by atoms with Crippen molar-refractivity contribution in [3.05, 3.63) is 0 Å². The molecule has 0 aliphatic carbocycles. The molecule has 0 fully saturated rings. The maximum absolute atomic E-state index is 11.7. The molecule has 0 aliphatic heterocycles. The molecule has 0 bridgehead atoms. The maximum atomic E-state index is 11.7. The van der Waals surface area contributed by atoms with E-state index in [0.29, 0.717) is 13.1 Å². The van der Waals surface area contributed by atoms with Crippen molar-refractivity contribution < 1.29 is 4.79 Å². The van der Waals surface area contributed by atoms with Crippen LogP contribution >= 0.6 is 24.0 Å². The van der Waals surface area contributed by atoms with Gasteiger partial charge < -0.3 is 16.0 Å². The van der Waals surface area contributed by atoms with Gasteiger partial charge in [-0.2, -0.15) is 0 Å². The Kier molecular flexibility index (Phi) is 14.0. The number of nitrogens with one attached hydrogen (secondary N) is 3. The summed E-state index contributed by atoms with van der Waals surface area (Å²) in [6, 6.07) is 0. The van der Waals surface area contributed by atoms with Gasteiger partial charge in [0, 0.05) is 31.6 Å². The maximum Gasteiger partial charge on any atom is 0.225 e. The number of hydrogen-bond donors (Lipinski definition) is 3. The van der Waals surface area contributed by atoms with Gasteiger partial charge in [0.2, 0.25) is 5.91 Å². The van der Waals surface area contributed by atoms with Crippen LogP contribution in [0.1, 0.15) is 54.4 Å². The van der Waals surface area contributed by atoms with Crippen molar-refractivity contribution in [3.63, 3.8) is 0 Å². The van der Waals surface area contributed by atoms with Crippen molar-refractivity contribution in [1.29, 1.82) is 0 Å². The van der Waals surface area contributed by atoms with Crippen LogP contribution in [-0.4, -0.2) is 38.0 Å². The van der Waals surface area contributed by atoms with Crippen LogP contribution in [-0.2, 0) is 4.79 Å². The third kappa shape index (κ3) is 13.2. The van der Waals surface area contributed by atoms with Gasteiger partial charge in [0.25, 0.3) is 0 Å². The molecule has 3 N–H and O–H groups in total. The zero-order chi connectivity index (χ0) is 16.3. The summed E-state index contributed by atoms with van der Waals surface area (Å²) >= 11 is 0. The summed E-state index contributed by atoms with van der Waals surface area (Å²) in [6.45, 7) is 15.2. The second-order valence-electron chi connectivity index (χ2n) is 6.73. The van der Waals surface area contributed by atoms with E-state index >= 15 is 0 Å². The molecule has 0 aromatic rings. The van der Waals surface area contributed by atoms with Crippen LogP contribution in [0.5, 0.6) is 0 Å². The van der Waals surface area contributed by atoms with E-state index in [0.717, 1.165) is 31.4 Å². The number of carbonyl (C=O) groups excluding carboxylic acids is 1. The number of rotatable bonds is 8. The summed E-state index contributed by atoms with van der Waals surface area (Å²) in [7, 11) is 0. The lowest BCUT2D eigenvalue weighted by molar-refractivity contribution is -0.128. The number of aliphatic imine (C=N–C) groups is 1. The van der Waals surface area contributed by atoms with Crippen molar-refractivity contribution in [3.8, 4) is 0 Å². The normalized spacial score (nSPS) is 11.9. The van der Waals surface area contributed by atoms with Gasteiger partial charge in [-0.05, 0) is 25.7 Å². The Balaban J connectivity index is 0. The number of guanidine groups is 1. The number of nitrogens with zero attached hydrogens (tertiary/aromatic N) is 1. The van der Waals surface area contributed by atoms with Crippen molar-refractivity contribution >= 4 is 35.8 Å². The lowest BCUT2D eigenvalue weighted by Gasteiger charge is -2.18. The molecule has 1 amide bonds. The third-order valence-electron chi connectivity index (χ3n) is 2.94. The fraction of sp³-hybridized carbons (Fsp3) is 0.875. The van der Waals surface area contributed by atoms with E-state index in [1.165, 1.54) is 6.42 Å². The highest BCUT2D eigenvalue weighted by Crippen LogP contribution is 2.11.